The first-order valence-corrected chi connectivity index (χ1v) is 6.99. The molecule has 0 aliphatic carbocycles. The number of carbonyl (C=O) groups is 1. The highest BCUT2D eigenvalue weighted by atomic mass is 16.5. The van der Waals surface area contributed by atoms with Gasteiger partial charge in [-0.15, -0.1) is 0 Å². The van der Waals surface area contributed by atoms with Crippen molar-refractivity contribution in [3.8, 4) is 5.75 Å². The van der Waals surface area contributed by atoms with E-state index < -0.39 is 0 Å². The van der Waals surface area contributed by atoms with Crippen LogP contribution in [0.25, 0.3) is 0 Å². The van der Waals surface area contributed by atoms with Crippen molar-refractivity contribution >= 4 is 17.3 Å². The van der Waals surface area contributed by atoms with Crippen LogP contribution in [0.4, 0.5) is 11.4 Å². The summed E-state index contributed by atoms with van der Waals surface area (Å²) in [5, 5.41) is 2.82. The van der Waals surface area contributed by atoms with Crippen LogP contribution < -0.4 is 15.8 Å². The van der Waals surface area contributed by atoms with Crippen LogP contribution >= 0.6 is 0 Å². The number of amides is 1. The number of fused-ring (bicyclic) bond motifs is 1. The molecule has 1 aliphatic heterocycles. The Morgan fingerprint density at radius 1 is 1.30 bits per heavy atom. The number of rotatable bonds is 6. The number of aryl methyl sites for hydroxylation is 1. The third-order valence-electron chi connectivity index (χ3n) is 3.07. The highest BCUT2D eigenvalue weighted by Crippen LogP contribution is 2.32. The summed E-state index contributed by atoms with van der Waals surface area (Å²) in [5.74, 6) is 1.22. The van der Waals surface area contributed by atoms with Crippen LogP contribution in [-0.4, -0.2) is 25.7 Å². The van der Waals surface area contributed by atoms with Crippen LogP contribution in [-0.2, 0) is 16.0 Å². The number of hydrogen-bond donors (Lipinski definition) is 2. The van der Waals surface area contributed by atoms with E-state index >= 15 is 0 Å². The van der Waals surface area contributed by atoms with Crippen molar-refractivity contribution < 1.29 is 14.3 Å². The topological polar surface area (TPSA) is 73.6 Å². The molecular formula is C15H22N2O3. The maximum absolute atomic E-state index is 11.3. The molecule has 1 amide bonds. The van der Waals surface area contributed by atoms with E-state index in [0.717, 1.165) is 24.3 Å². The lowest BCUT2D eigenvalue weighted by Gasteiger charge is -2.19. The van der Waals surface area contributed by atoms with Gasteiger partial charge in [-0.05, 0) is 30.0 Å². The van der Waals surface area contributed by atoms with Gasteiger partial charge in [-0.3, -0.25) is 4.79 Å². The van der Waals surface area contributed by atoms with Crippen molar-refractivity contribution in [2.45, 2.75) is 26.7 Å². The van der Waals surface area contributed by atoms with Crippen molar-refractivity contribution in [3.63, 3.8) is 0 Å². The molecule has 0 aromatic heterocycles. The summed E-state index contributed by atoms with van der Waals surface area (Å²) in [6.45, 7) is 5.97. The predicted octanol–water partition coefficient (Wildman–Crippen LogP) is 2.20. The Hall–Kier alpha value is -1.75. The fourth-order valence-electron chi connectivity index (χ4n) is 2.08. The van der Waals surface area contributed by atoms with Crippen molar-refractivity contribution in [2.75, 3.05) is 30.9 Å². The molecule has 3 N–H and O–H groups in total. The molecule has 0 spiro atoms. The summed E-state index contributed by atoms with van der Waals surface area (Å²) >= 11 is 0. The van der Waals surface area contributed by atoms with Crippen LogP contribution in [0.5, 0.6) is 5.75 Å². The zero-order valence-electron chi connectivity index (χ0n) is 12.1. The first-order chi connectivity index (χ1) is 9.56. The summed E-state index contributed by atoms with van der Waals surface area (Å²) < 4.78 is 11.1. The molecule has 0 fully saturated rings. The van der Waals surface area contributed by atoms with Crippen LogP contribution in [0.2, 0.25) is 0 Å². The van der Waals surface area contributed by atoms with E-state index in [4.69, 9.17) is 15.2 Å². The van der Waals surface area contributed by atoms with E-state index in [1.165, 1.54) is 0 Å². The van der Waals surface area contributed by atoms with E-state index in [-0.39, 0.29) is 5.91 Å². The standard InChI is InChI=1S/C15H22N2O3/c1-10(2)9-19-5-6-20-14-7-11-3-4-15(18)17-13(11)8-12(14)16/h7-8,10H,3-6,9,16H2,1-2H3,(H,17,18). The lowest BCUT2D eigenvalue weighted by Crippen LogP contribution is -2.19. The van der Waals surface area contributed by atoms with Gasteiger partial charge in [-0.2, -0.15) is 0 Å². The zero-order chi connectivity index (χ0) is 14.5. The fourth-order valence-corrected chi connectivity index (χ4v) is 2.08. The average molecular weight is 278 g/mol. The molecule has 0 unspecified atom stereocenters. The number of ether oxygens (including phenoxy) is 2. The van der Waals surface area contributed by atoms with Crippen LogP contribution in [0.15, 0.2) is 12.1 Å². The minimum atomic E-state index is 0.0349. The number of nitrogens with one attached hydrogen (secondary N) is 1. The monoisotopic (exact) mass is 278 g/mol. The van der Waals surface area contributed by atoms with Gasteiger partial charge in [0.05, 0.1) is 12.3 Å². The van der Waals surface area contributed by atoms with E-state index in [9.17, 15) is 4.79 Å². The highest BCUT2D eigenvalue weighted by Gasteiger charge is 2.17. The van der Waals surface area contributed by atoms with Crippen molar-refractivity contribution in [1.82, 2.24) is 0 Å². The summed E-state index contributed by atoms with van der Waals surface area (Å²) in [4.78, 5) is 11.3. The van der Waals surface area contributed by atoms with Gasteiger partial charge in [0, 0.05) is 18.7 Å². The number of hydrogen-bond acceptors (Lipinski definition) is 4. The van der Waals surface area contributed by atoms with Crippen molar-refractivity contribution in [1.29, 1.82) is 0 Å². The quantitative estimate of drug-likeness (QED) is 0.618. The lowest BCUT2D eigenvalue weighted by molar-refractivity contribution is -0.116. The van der Waals surface area contributed by atoms with Crippen molar-refractivity contribution in [3.05, 3.63) is 17.7 Å². The van der Waals surface area contributed by atoms with Crippen LogP contribution in [0, 0.1) is 5.92 Å². The van der Waals surface area contributed by atoms with Gasteiger partial charge < -0.3 is 20.5 Å². The summed E-state index contributed by atoms with van der Waals surface area (Å²) in [6.07, 6.45) is 1.23. The number of carbonyl (C=O) groups excluding carboxylic acids is 1. The second kappa shape index (κ2) is 6.61. The molecule has 1 aromatic rings. The summed E-state index contributed by atoms with van der Waals surface area (Å²) in [7, 11) is 0. The summed E-state index contributed by atoms with van der Waals surface area (Å²) in [6, 6.07) is 3.67. The molecule has 1 aromatic carbocycles. The molecule has 0 saturated carbocycles. The van der Waals surface area contributed by atoms with Crippen LogP contribution in [0.3, 0.4) is 0 Å². The van der Waals surface area contributed by atoms with Gasteiger partial charge in [-0.25, -0.2) is 0 Å². The first-order valence-electron chi connectivity index (χ1n) is 6.99. The third kappa shape index (κ3) is 3.87. The maximum atomic E-state index is 11.3. The van der Waals surface area contributed by atoms with E-state index in [1.807, 2.05) is 6.07 Å². The molecule has 110 valence electrons. The molecule has 1 heterocycles. The molecule has 0 bridgehead atoms. The van der Waals surface area contributed by atoms with Crippen molar-refractivity contribution in [2.24, 2.45) is 5.92 Å². The Balaban J connectivity index is 1.90. The Morgan fingerprint density at radius 3 is 2.85 bits per heavy atom. The number of anilines is 2. The lowest BCUT2D eigenvalue weighted by atomic mass is 10.0. The molecule has 1 aliphatic rings. The van der Waals surface area contributed by atoms with Gasteiger partial charge in [0.25, 0.3) is 0 Å². The van der Waals surface area contributed by atoms with E-state index in [1.54, 1.807) is 6.07 Å². The molecule has 0 saturated heterocycles. The van der Waals surface area contributed by atoms with Gasteiger partial charge in [0.1, 0.15) is 12.4 Å². The number of benzene rings is 1. The fraction of sp³-hybridized carbons (Fsp3) is 0.533. The normalized spacial score (nSPS) is 14.1. The zero-order valence-corrected chi connectivity index (χ0v) is 12.1. The van der Waals surface area contributed by atoms with E-state index in [2.05, 4.69) is 19.2 Å². The molecular weight excluding hydrogens is 256 g/mol. The largest absolute Gasteiger partial charge is 0.489 e. The van der Waals surface area contributed by atoms with Gasteiger partial charge in [-0.1, -0.05) is 13.8 Å². The molecule has 2 rings (SSSR count). The molecule has 20 heavy (non-hydrogen) atoms. The van der Waals surface area contributed by atoms with Crippen LogP contribution in [0.1, 0.15) is 25.8 Å². The second-order valence-corrected chi connectivity index (χ2v) is 5.41. The highest BCUT2D eigenvalue weighted by molar-refractivity contribution is 5.94. The molecule has 5 heteroatoms. The van der Waals surface area contributed by atoms with Gasteiger partial charge >= 0.3 is 0 Å². The summed E-state index contributed by atoms with van der Waals surface area (Å²) in [5.41, 5.74) is 8.33. The Kier molecular flexibility index (Phi) is 4.84. The number of nitrogens with two attached hydrogens (primary N) is 1. The maximum Gasteiger partial charge on any atom is 0.224 e. The minimum absolute atomic E-state index is 0.0349. The third-order valence-corrected chi connectivity index (χ3v) is 3.07. The first kappa shape index (κ1) is 14.7. The Morgan fingerprint density at radius 2 is 2.10 bits per heavy atom. The molecule has 0 atom stereocenters. The average Bonchev–Trinajstić information content (AvgIpc) is 2.38. The van der Waals surface area contributed by atoms with Gasteiger partial charge in [0.2, 0.25) is 5.91 Å². The second-order valence-electron chi connectivity index (χ2n) is 5.41. The smallest absolute Gasteiger partial charge is 0.224 e. The van der Waals surface area contributed by atoms with E-state index in [0.29, 0.717) is 37.0 Å². The Bertz CT molecular complexity index is 486. The SMILES string of the molecule is CC(C)COCCOc1cc2c(cc1N)NC(=O)CC2. The molecule has 5 nitrogen and oxygen atoms in total. The minimum Gasteiger partial charge on any atom is -0.489 e. The Labute approximate surface area is 119 Å². The molecule has 0 radical (unpaired) electrons. The predicted molar refractivity (Wildman–Crippen MR) is 79.0 cm³/mol. The number of nitrogen functional groups attached to an aromatic ring is 1. The van der Waals surface area contributed by atoms with Gasteiger partial charge in [0.15, 0.2) is 0 Å².